The molecule has 1 heterocycles. The number of carbonyl (C=O) groups is 1. The van der Waals surface area contributed by atoms with Crippen LogP contribution in [0.4, 0.5) is 9.52 Å². The monoisotopic (exact) mass is 399 g/mol. The molecule has 0 amide bonds. The molecular weight excluding hydrogens is 385 g/mol. The van der Waals surface area contributed by atoms with Gasteiger partial charge in [-0.1, -0.05) is 28.1 Å². The normalized spacial score (nSPS) is 10.9. The summed E-state index contributed by atoms with van der Waals surface area (Å²) >= 11 is 4.63. The number of rotatable bonds is 7. The Labute approximate surface area is 145 Å². The summed E-state index contributed by atoms with van der Waals surface area (Å²) < 4.78 is 18.6. The van der Waals surface area contributed by atoms with Crippen LogP contribution >= 0.6 is 27.3 Å². The average molecular weight is 400 g/mol. The van der Waals surface area contributed by atoms with Crippen LogP contribution in [0.1, 0.15) is 23.7 Å². The Balaban J connectivity index is 1.99. The minimum absolute atomic E-state index is 0.122. The van der Waals surface area contributed by atoms with Gasteiger partial charge in [-0.2, -0.15) is 5.10 Å². The molecule has 0 aliphatic heterocycles. The highest BCUT2D eigenvalue weighted by molar-refractivity contribution is 9.08. The van der Waals surface area contributed by atoms with Gasteiger partial charge in [0.05, 0.1) is 24.9 Å². The van der Waals surface area contributed by atoms with Crippen molar-refractivity contribution in [2.45, 2.75) is 18.7 Å². The number of carbonyl (C=O) groups excluding carboxylic acids is 1. The molecule has 122 valence electrons. The standard InChI is InChI=1S/C15H15BrFN3O2S/c1-2-22-14(21)6-11-9-23-15(19-11)20-18-8-12-10(7-16)4-3-5-13(12)17/h3-5,8-9H,2,6-7H2,1H3,(H,19,20). The van der Waals surface area contributed by atoms with E-state index in [4.69, 9.17) is 4.74 Å². The Morgan fingerprint density at radius 1 is 1.57 bits per heavy atom. The molecule has 0 aliphatic rings. The smallest absolute Gasteiger partial charge is 0.311 e. The van der Waals surface area contributed by atoms with Crippen LogP contribution in [-0.4, -0.2) is 23.8 Å². The second-order valence-corrected chi connectivity index (χ2v) is 5.86. The molecule has 0 atom stereocenters. The van der Waals surface area contributed by atoms with Crippen molar-refractivity contribution in [2.75, 3.05) is 12.0 Å². The molecule has 1 aromatic heterocycles. The van der Waals surface area contributed by atoms with Gasteiger partial charge in [-0.25, -0.2) is 9.37 Å². The molecule has 2 rings (SSSR count). The molecule has 0 unspecified atom stereocenters. The molecule has 8 heteroatoms. The van der Waals surface area contributed by atoms with Gasteiger partial charge in [0.25, 0.3) is 0 Å². The summed E-state index contributed by atoms with van der Waals surface area (Å²) in [5.74, 6) is -0.657. The molecule has 0 bridgehead atoms. The third-order valence-electron chi connectivity index (χ3n) is 2.82. The fourth-order valence-corrected chi connectivity index (χ4v) is 2.94. The molecule has 0 fully saturated rings. The van der Waals surface area contributed by atoms with Crippen molar-refractivity contribution in [1.82, 2.24) is 4.98 Å². The highest BCUT2D eigenvalue weighted by Gasteiger charge is 2.08. The molecule has 2 aromatic rings. The maximum atomic E-state index is 13.8. The van der Waals surface area contributed by atoms with Gasteiger partial charge in [0.1, 0.15) is 5.82 Å². The van der Waals surface area contributed by atoms with E-state index < -0.39 is 0 Å². The quantitative estimate of drug-likeness (QED) is 0.333. The summed E-state index contributed by atoms with van der Waals surface area (Å²) in [5, 5.41) is 6.82. The minimum atomic E-state index is -0.338. The second kappa shape index (κ2) is 8.73. The molecule has 0 saturated heterocycles. The number of ether oxygens (including phenoxy) is 1. The number of hydrogen-bond acceptors (Lipinski definition) is 6. The Hall–Kier alpha value is -1.80. The molecule has 0 spiro atoms. The average Bonchev–Trinajstić information content (AvgIpc) is 2.96. The molecule has 0 saturated carbocycles. The number of anilines is 1. The van der Waals surface area contributed by atoms with Crippen molar-refractivity contribution >= 4 is 44.6 Å². The van der Waals surface area contributed by atoms with Gasteiger partial charge in [0.15, 0.2) is 0 Å². The Bertz CT molecular complexity index is 706. The van der Waals surface area contributed by atoms with E-state index in [1.54, 1.807) is 18.4 Å². The van der Waals surface area contributed by atoms with E-state index in [1.807, 2.05) is 6.07 Å². The molecule has 0 radical (unpaired) electrons. The summed E-state index contributed by atoms with van der Waals surface area (Å²) in [6.45, 7) is 2.10. The number of nitrogens with one attached hydrogen (secondary N) is 1. The summed E-state index contributed by atoms with van der Waals surface area (Å²) in [4.78, 5) is 15.6. The summed E-state index contributed by atoms with van der Waals surface area (Å²) in [5.41, 5.74) is 4.57. The lowest BCUT2D eigenvalue weighted by Gasteiger charge is -2.02. The van der Waals surface area contributed by atoms with E-state index in [-0.39, 0.29) is 18.2 Å². The van der Waals surface area contributed by atoms with Crippen LogP contribution in [0, 0.1) is 5.82 Å². The number of benzene rings is 1. The molecular formula is C15H15BrFN3O2S. The first-order valence-corrected chi connectivity index (χ1v) is 8.86. The topological polar surface area (TPSA) is 63.6 Å². The first-order valence-electron chi connectivity index (χ1n) is 6.86. The van der Waals surface area contributed by atoms with E-state index in [2.05, 4.69) is 31.4 Å². The summed E-state index contributed by atoms with van der Waals surface area (Å²) in [7, 11) is 0. The van der Waals surface area contributed by atoms with Gasteiger partial charge in [-0.15, -0.1) is 11.3 Å². The third kappa shape index (κ3) is 5.11. The van der Waals surface area contributed by atoms with Crippen molar-refractivity contribution in [3.05, 3.63) is 46.2 Å². The van der Waals surface area contributed by atoms with Crippen molar-refractivity contribution in [3.8, 4) is 0 Å². The van der Waals surface area contributed by atoms with Crippen LogP contribution < -0.4 is 5.43 Å². The lowest BCUT2D eigenvalue weighted by Crippen LogP contribution is -2.07. The predicted molar refractivity (Wildman–Crippen MR) is 92.7 cm³/mol. The fraction of sp³-hybridized carbons (Fsp3) is 0.267. The summed E-state index contributed by atoms with van der Waals surface area (Å²) in [6, 6.07) is 4.85. The van der Waals surface area contributed by atoms with Gasteiger partial charge in [-0.3, -0.25) is 10.2 Å². The van der Waals surface area contributed by atoms with E-state index in [0.717, 1.165) is 5.56 Å². The first-order chi connectivity index (χ1) is 11.1. The highest BCUT2D eigenvalue weighted by atomic mass is 79.9. The number of esters is 1. The van der Waals surface area contributed by atoms with Crippen LogP contribution in [0.25, 0.3) is 0 Å². The van der Waals surface area contributed by atoms with Gasteiger partial charge >= 0.3 is 5.97 Å². The fourth-order valence-electron chi connectivity index (χ4n) is 1.79. The van der Waals surface area contributed by atoms with Crippen molar-refractivity contribution in [1.29, 1.82) is 0 Å². The minimum Gasteiger partial charge on any atom is -0.466 e. The number of thiazole rings is 1. The van der Waals surface area contributed by atoms with Crippen LogP contribution in [0.3, 0.4) is 0 Å². The zero-order valence-corrected chi connectivity index (χ0v) is 14.8. The number of aromatic nitrogens is 1. The van der Waals surface area contributed by atoms with E-state index in [0.29, 0.717) is 28.3 Å². The largest absolute Gasteiger partial charge is 0.466 e. The van der Waals surface area contributed by atoms with Gasteiger partial charge in [0.2, 0.25) is 5.13 Å². The number of hydrazone groups is 1. The number of alkyl halides is 1. The molecule has 0 aliphatic carbocycles. The summed E-state index contributed by atoms with van der Waals surface area (Å²) in [6.07, 6.45) is 1.54. The van der Waals surface area contributed by atoms with Gasteiger partial charge in [-0.05, 0) is 18.6 Å². The lowest BCUT2D eigenvalue weighted by atomic mass is 10.1. The first kappa shape index (κ1) is 17.6. The second-order valence-electron chi connectivity index (χ2n) is 4.44. The van der Waals surface area contributed by atoms with E-state index in [1.165, 1.54) is 23.6 Å². The number of hydrogen-bond donors (Lipinski definition) is 1. The predicted octanol–water partition coefficient (Wildman–Crippen LogP) is 3.73. The Morgan fingerprint density at radius 3 is 3.13 bits per heavy atom. The van der Waals surface area contributed by atoms with Crippen LogP contribution in [-0.2, 0) is 21.3 Å². The maximum Gasteiger partial charge on any atom is 0.311 e. The van der Waals surface area contributed by atoms with Crippen LogP contribution in [0.2, 0.25) is 0 Å². The van der Waals surface area contributed by atoms with Crippen molar-refractivity contribution in [3.63, 3.8) is 0 Å². The number of halogens is 2. The van der Waals surface area contributed by atoms with E-state index in [9.17, 15) is 9.18 Å². The Kier molecular flexibility index (Phi) is 6.66. The molecule has 5 nitrogen and oxygen atoms in total. The van der Waals surface area contributed by atoms with Crippen molar-refractivity contribution < 1.29 is 13.9 Å². The lowest BCUT2D eigenvalue weighted by molar-refractivity contribution is -0.142. The SMILES string of the molecule is CCOC(=O)Cc1csc(NN=Cc2c(F)cccc2CBr)n1. The van der Waals surface area contributed by atoms with Crippen LogP contribution in [0.15, 0.2) is 28.7 Å². The van der Waals surface area contributed by atoms with Crippen molar-refractivity contribution in [2.24, 2.45) is 5.10 Å². The molecule has 23 heavy (non-hydrogen) atoms. The Morgan fingerprint density at radius 2 is 2.39 bits per heavy atom. The number of nitrogens with zero attached hydrogens (tertiary/aromatic N) is 2. The highest BCUT2D eigenvalue weighted by Crippen LogP contribution is 2.17. The third-order valence-corrected chi connectivity index (χ3v) is 4.22. The van der Waals surface area contributed by atoms with Crippen LogP contribution in [0.5, 0.6) is 0 Å². The molecule has 1 aromatic carbocycles. The van der Waals surface area contributed by atoms with Gasteiger partial charge in [0, 0.05) is 16.3 Å². The van der Waals surface area contributed by atoms with E-state index >= 15 is 0 Å². The molecule has 1 N–H and O–H groups in total. The zero-order chi connectivity index (χ0) is 16.7. The maximum absolute atomic E-state index is 13.8. The van der Waals surface area contributed by atoms with Gasteiger partial charge < -0.3 is 4.74 Å². The zero-order valence-electron chi connectivity index (χ0n) is 12.4.